The lowest BCUT2D eigenvalue weighted by atomic mass is 9.89. The van der Waals surface area contributed by atoms with E-state index in [4.69, 9.17) is 9.47 Å². The highest BCUT2D eigenvalue weighted by Crippen LogP contribution is 2.39. The molecule has 2 aromatic heterocycles. The number of hydrogen-bond donors (Lipinski definition) is 1. The van der Waals surface area contributed by atoms with Crippen molar-refractivity contribution in [3.63, 3.8) is 0 Å². The molecule has 0 saturated carbocycles. The average Bonchev–Trinajstić information content (AvgIpc) is 3.04. The first-order valence-electron chi connectivity index (χ1n) is 9.15. The van der Waals surface area contributed by atoms with Crippen LogP contribution in [-0.2, 0) is 12.8 Å². The lowest BCUT2D eigenvalue weighted by Gasteiger charge is -2.26. The molecule has 1 N–H and O–H groups in total. The Morgan fingerprint density at radius 3 is 3.04 bits per heavy atom. The Kier molecular flexibility index (Phi) is 3.93. The second kappa shape index (κ2) is 6.43. The molecule has 134 valence electrons. The average molecular weight is 367 g/mol. The number of fused-ring (bicyclic) bond motifs is 4. The van der Waals surface area contributed by atoms with Gasteiger partial charge in [-0.1, -0.05) is 19.1 Å². The van der Waals surface area contributed by atoms with Crippen LogP contribution in [0.3, 0.4) is 0 Å². The van der Waals surface area contributed by atoms with Gasteiger partial charge in [0.15, 0.2) is 11.5 Å². The van der Waals surface area contributed by atoms with Crippen LogP contribution in [0, 0.1) is 5.92 Å². The first-order valence-corrected chi connectivity index (χ1v) is 9.97. The lowest BCUT2D eigenvalue weighted by molar-refractivity contribution is 0.0997. The fourth-order valence-electron chi connectivity index (χ4n) is 3.78. The number of para-hydroxylation sites is 2. The van der Waals surface area contributed by atoms with Crippen molar-refractivity contribution in [2.75, 3.05) is 18.5 Å². The Morgan fingerprint density at radius 2 is 2.12 bits per heavy atom. The van der Waals surface area contributed by atoms with Gasteiger partial charge in [0.2, 0.25) is 0 Å². The molecule has 2 atom stereocenters. The van der Waals surface area contributed by atoms with Gasteiger partial charge in [0, 0.05) is 4.88 Å². The first kappa shape index (κ1) is 15.9. The molecular formula is C20H21N3O2S. The van der Waals surface area contributed by atoms with E-state index in [-0.39, 0.29) is 6.10 Å². The van der Waals surface area contributed by atoms with Crippen molar-refractivity contribution >= 4 is 27.4 Å². The van der Waals surface area contributed by atoms with E-state index in [1.165, 1.54) is 22.2 Å². The van der Waals surface area contributed by atoms with E-state index in [1.807, 2.05) is 35.6 Å². The number of nitrogens with one attached hydrogen (secondary N) is 1. The number of anilines is 1. The van der Waals surface area contributed by atoms with Gasteiger partial charge >= 0.3 is 0 Å². The van der Waals surface area contributed by atoms with Gasteiger partial charge in [0.05, 0.1) is 11.9 Å². The lowest BCUT2D eigenvalue weighted by Crippen LogP contribution is -2.35. The van der Waals surface area contributed by atoms with Crippen LogP contribution in [0.2, 0.25) is 0 Å². The molecule has 0 unspecified atom stereocenters. The van der Waals surface area contributed by atoms with Crippen molar-refractivity contribution in [1.29, 1.82) is 0 Å². The fraction of sp³-hybridized carbons (Fsp3) is 0.400. The first-order chi connectivity index (χ1) is 12.8. The molecule has 3 heterocycles. The number of aromatic nitrogens is 2. The summed E-state index contributed by atoms with van der Waals surface area (Å²) in [7, 11) is 0. The molecule has 2 aliphatic rings. The van der Waals surface area contributed by atoms with E-state index < -0.39 is 0 Å². The molecule has 1 aromatic carbocycles. The van der Waals surface area contributed by atoms with Crippen molar-refractivity contribution in [2.45, 2.75) is 32.3 Å². The third-order valence-corrected chi connectivity index (χ3v) is 6.32. The molecule has 5 rings (SSSR count). The molecule has 0 fully saturated rings. The van der Waals surface area contributed by atoms with E-state index in [0.717, 1.165) is 40.9 Å². The number of rotatable bonds is 3. The Hall–Kier alpha value is -2.34. The number of hydrogen-bond acceptors (Lipinski definition) is 6. The normalized spacial score (nSPS) is 21.4. The molecule has 1 aliphatic heterocycles. The van der Waals surface area contributed by atoms with Crippen molar-refractivity contribution in [3.8, 4) is 11.5 Å². The Bertz CT molecular complexity index is 955. The molecule has 6 heteroatoms. The summed E-state index contributed by atoms with van der Waals surface area (Å²) in [4.78, 5) is 11.6. The quantitative estimate of drug-likeness (QED) is 0.756. The topological polar surface area (TPSA) is 56.3 Å². The maximum atomic E-state index is 6.05. The minimum Gasteiger partial charge on any atom is -0.486 e. The van der Waals surface area contributed by atoms with Crippen LogP contribution in [0.5, 0.6) is 11.5 Å². The standard InChI is InChI=1S/C20H21N3O2S/c1-12-6-7-14-17(8-12)26-20-18(14)19(22-11-23-20)21-9-13-10-24-15-4-2-3-5-16(15)25-13/h2-5,11-13H,6-10H2,1H3,(H,21,22,23)/t12-,13+/m0/s1. The third kappa shape index (κ3) is 2.78. The number of benzene rings is 1. The second-order valence-corrected chi connectivity index (χ2v) is 8.22. The highest BCUT2D eigenvalue weighted by molar-refractivity contribution is 7.19. The molecule has 1 aliphatic carbocycles. The largest absolute Gasteiger partial charge is 0.486 e. The van der Waals surface area contributed by atoms with Crippen molar-refractivity contribution in [2.24, 2.45) is 5.92 Å². The Balaban J connectivity index is 1.37. The van der Waals surface area contributed by atoms with E-state index in [2.05, 4.69) is 22.2 Å². The third-order valence-electron chi connectivity index (χ3n) is 5.16. The molecule has 26 heavy (non-hydrogen) atoms. The van der Waals surface area contributed by atoms with E-state index in [0.29, 0.717) is 13.2 Å². The summed E-state index contributed by atoms with van der Waals surface area (Å²) >= 11 is 1.82. The number of aryl methyl sites for hydroxylation is 1. The van der Waals surface area contributed by atoms with Gasteiger partial charge in [-0.05, 0) is 42.9 Å². The summed E-state index contributed by atoms with van der Waals surface area (Å²) in [5.41, 5.74) is 1.44. The van der Waals surface area contributed by atoms with Crippen LogP contribution < -0.4 is 14.8 Å². The maximum absolute atomic E-state index is 6.05. The van der Waals surface area contributed by atoms with Gasteiger partial charge in [-0.15, -0.1) is 11.3 Å². The van der Waals surface area contributed by atoms with E-state index in [1.54, 1.807) is 6.33 Å². The molecule has 3 aromatic rings. The molecule has 0 amide bonds. The summed E-state index contributed by atoms with van der Waals surface area (Å²) in [6, 6.07) is 7.80. The van der Waals surface area contributed by atoms with Crippen molar-refractivity contribution < 1.29 is 9.47 Å². The predicted molar refractivity (Wildman–Crippen MR) is 103 cm³/mol. The molecule has 5 nitrogen and oxygen atoms in total. The molecule has 0 saturated heterocycles. The number of nitrogens with zero attached hydrogens (tertiary/aromatic N) is 2. The zero-order valence-corrected chi connectivity index (χ0v) is 15.5. The monoisotopic (exact) mass is 367 g/mol. The van der Waals surface area contributed by atoms with Gasteiger partial charge in [0.1, 0.15) is 29.7 Å². The Morgan fingerprint density at radius 1 is 1.23 bits per heavy atom. The zero-order chi connectivity index (χ0) is 17.5. The highest BCUT2D eigenvalue weighted by Gasteiger charge is 2.24. The minimum atomic E-state index is -0.0376. The van der Waals surface area contributed by atoms with Crippen LogP contribution in [0.25, 0.3) is 10.2 Å². The van der Waals surface area contributed by atoms with E-state index >= 15 is 0 Å². The van der Waals surface area contributed by atoms with Crippen LogP contribution in [0.1, 0.15) is 23.8 Å². The second-order valence-electron chi connectivity index (χ2n) is 7.13. The van der Waals surface area contributed by atoms with Crippen molar-refractivity contribution in [3.05, 3.63) is 41.0 Å². The minimum absolute atomic E-state index is 0.0376. The van der Waals surface area contributed by atoms with Gasteiger partial charge in [0.25, 0.3) is 0 Å². The van der Waals surface area contributed by atoms with E-state index in [9.17, 15) is 0 Å². The van der Waals surface area contributed by atoms with Crippen molar-refractivity contribution in [1.82, 2.24) is 9.97 Å². The van der Waals surface area contributed by atoms with Gasteiger partial charge in [-0.25, -0.2) is 9.97 Å². The Labute approximate surface area is 156 Å². The summed E-state index contributed by atoms with van der Waals surface area (Å²) in [5, 5.41) is 4.69. The molecule has 0 spiro atoms. The predicted octanol–water partition coefficient (Wildman–Crippen LogP) is 4.07. The van der Waals surface area contributed by atoms with Crippen LogP contribution in [-0.4, -0.2) is 29.2 Å². The van der Waals surface area contributed by atoms with Crippen LogP contribution in [0.4, 0.5) is 5.82 Å². The summed E-state index contributed by atoms with van der Waals surface area (Å²) in [5.74, 6) is 3.30. The fourth-order valence-corrected chi connectivity index (χ4v) is 5.13. The molecule has 0 radical (unpaired) electrons. The zero-order valence-electron chi connectivity index (χ0n) is 14.7. The summed E-state index contributed by atoms with van der Waals surface area (Å²) < 4.78 is 11.8. The SMILES string of the molecule is C[C@H]1CCc2c(sc3ncnc(NC[C@@H]4COc5ccccc5O4)c23)C1. The number of thiophene rings is 1. The summed E-state index contributed by atoms with van der Waals surface area (Å²) in [6.45, 7) is 3.52. The summed E-state index contributed by atoms with van der Waals surface area (Å²) in [6.07, 6.45) is 5.14. The van der Waals surface area contributed by atoms with Crippen LogP contribution >= 0.6 is 11.3 Å². The molecular weight excluding hydrogens is 346 g/mol. The number of ether oxygens (including phenoxy) is 2. The molecule has 0 bridgehead atoms. The maximum Gasteiger partial charge on any atom is 0.161 e. The highest BCUT2D eigenvalue weighted by atomic mass is 32.1. The van der Waals surface area contributed by atoms with Gasteiger partial charge in [-0.3, -0.25) is 0 Å². The van der Waals surface area contributed by atoms with Gasteiger partial charge in [-0.2, -0.15) is 0 Å². The van der Waals surface area contributed by atoms with Gasteiger partial charge < -0.3 is 14.8 Å². The van der Waals surface area contributed by atoms with Crippen LogP contribution in [0.15, 0.2) is 30.6 Å². The smallest absolute Gasteiger partial charge is 0.161 e.